The molecule has 1 amide bonds. The number of carboxylic acid groups (broad SMARTS) is 1. The number of hydrogen-bond acceptors (Lipinski definition) is 4. The standard InChI is InChI=1S/C14H18ClNO4S/c1-20-11(8-14(18)19)9-16-13(17)6-7-21-12-4-2-10(15)3-5-12/h2-5,11H,6-9H2,1H3,(H,16,17)(H,18,19). The lowest BCUT2D eigenvalue weighted by molar-refractivity contribution is -0.140. The average Bonchev–Trinajstić information content (AvgIpc) is 2.45. The van der Waals surface area contributed by atoms with E-state index in [1.165, 1.54) is 7.11 Å². The Bertz CT molecular complexity index is 467. The highest BCUT2D eigenvalue weighted by molar-refractivity contribution is 7.99. The lowest BCUT2D eigenvalue weighted by Gasteiger charge is -2.13. The average molecular weight is 332 g/mol. The van der Waals surface area contributed by atoms with Gasteiger partial charge in [-0.1, -0.05) is 11.6 Å². The van der Waals surface area contributed by atoms with Gasteiger partial charge in [-0.15, -0.1) is 11.8 Å². The summed E-state index contributed by atoms with van der Waals surface area (Å²) in [6.07, 6.45) is -0.275. The van der Waals surface area contributed by atoms with Gasteiger partial charge in [-0.2, -0.15) is 0 Å². The van der Waals surface area contributed by atoms with Crippen LogP contribution >= 0.6 is 23.4 Å². The molecule has 0 radical (unpaired) electrons. The molecule has 0 heterocycles. The van der Waals surface area contributed by atoms with E-state index in [2.05, 4.69) is 5.32 Å². The molecule has 1 rings (SSSR count). The van der Waals surface area contributed by atoms with E-state index in [4.69, 9.17) is 21.4 Å². The minimum absolute atomic E-state index is 0.121. The summed E-state index contributed by atoms with van der Waals surface area (Å²) in [6, 6.07) is 7.41. The van der Waals surface area contributed by atoms with Crippen LogP contribution in [0.25, 0.3) is 0 Å². The van der Waals surface area contributed by atoms with Crippen LogP contribution in [0.15, 0.2) is 29.2 Å². The Morgan fingerprint density at radius 3 is 2.62 bits per heavy atom. The Hall–Kier alpha value is -1.24. The van der Waals surface area contributed by atoms with Crippen LogP contribution in [-0.2, 0) is 14.3 Å². The molecule has 5 nitrogen and oxygen atoms in total. The van der Waals surface area contributed by atoms with Crippen molar-refractivity contribution in [2.45, 2.75) is 23.8 Å². The SMILES string of the molecule is COC(CNC(=O)CCSc1ccc(Cl)cc1)CC(=O)O. The molecular formula is C14H18ClNO4S. The normalized spacial score (nSPS) is 11.9. The lowest BCUT2D eigenvalue weighted by atomic mass is 10.2. The quantitative estimate of drug-likeness (QED) is 0.680. The number of amides is 1. The van der Waals surface area contributed by atoms with Crippen molar-refractivity contribution >= 4 is 35.2 Å². The van der Waals surface area contributed by atoms with Crippen LogP contribution in [0.4, 0.5) is 0 Å². The zero-order valence-electron chi connectivity index (χ0n) is 11.7. The highest BCUT2D eigenvalue weighted by atomic mass is 35.5. The number of hydrogen-bond donors (Lipinski definition) is 2. The Morgan fingerprint density at radius 1 is 1.38 bits per heavy atom. The summed E-state index contributed by atoms with van der Waals surface area (Å²) >= 11 is 7.35. The minimum Gasteiger partial charge on any atom is -0.481 e. The smallest absolute Gasteiger partial charge is 0.306 e. The molecule has 116 valence electrons. The van der Waals surface area contributed by atoms with Crippen molar-refractivity contribution < 1.29 is 19.4 Å². The van der Waals surface area contributed by atoms with Crippen LogP contribution in [0.5, 0.6) is 0 Å². The monoisotopic (exact) mass is 331 g/mol. The first kappa shape index (κ1) is 17.8. The first-order valence-electron chi connectivity index (χ1n) is 6.41. The number of benzene rings is 1. The zero-order chi connectivity index (χ0) is 15.7. The van der Waals surface area contributed by atoms with Crippen molar-refractivity contribution in [3.8, 4) is 0 Å². The summed E-state index contributed by atoms with van der Waals surface area (Å²) in [4.78, 5) is 23.3. The van der Waals surface area contributed by atoms with Gasteiger partial charge in [0.2, 0.25) is 5.91 Å². The fourth-order valence-corrected chi connectivity index (χ4v) is 2.52. The molecule has 0 aliphatic carbocycles. The molecule has 0 saturated heterocycles. The Morgan fingerprint density at radius 2 is 2.05 bits per heavy atom. The molecule has 0 spiro atoms. The predicted molar refractivity (Wildman–Crippen MR) is 82.9 cm³/mol. The van der Waals surface area contributed by atoms with Crippen LogP contribution in [0.1, 0.15) is 12.8 Å². The van der Waals surface area contributed by atoms with Crippen LogP contribution in [0, 0.1) is 0 Å². The zero-order valence-corrected chi connectivity index (χ0v) is 13.2. The largest absolute Gasteiger partial charge is 0.481 e. The van der Waals surface area contributed by atoms with Crippen molar-refractivity contribution in [2.75, 3.05) is 19.4 Å². The third-order valence-corrected chi connectivity index (χ3v) is 3.94. The summed E-state index contributed by atoms with van der Waals surface area (Å²) in [5.74, 6) is -0.428. The van der Waals surface area contributed by atoms with Gasteiger partial charge in [-0.05, 0) is 24.3 Å². The molecule has 1 aromatic carbocycles. The number of thioether (sulfide) groups is 1. The summed E-state index contributed by atoms with van der Waals surface area (Å²) in [7, 11) is 1.43. The van der Waals surface area contributed by atoms with Crippen molar-refractivity contribution in [3.05, 3.63) is 29.3 Å². The molecule has 1 unspecified atom stereocenters. The Labute approximate surface area is 133 Å². The van der Waals surface area contributed by atoms with E-state index in [0.29, 0.717) is 17.2 Å². The van der Waals surface area contributed by atoms with E-state index >= 15 is 0 Å². The van der Waals surface area contributed by atoms with Crippen LogP contribution in [-0.4, -0.2) is 42.5 Å². The van der Waals surface area contributed by atoms with Gasteiger partial charge in [0.1, 0.15) is 0 Å². The number of rotatable bonds is 9. The number of nitrogens with one attached hydrogen (secondary N) is 1. The summed E-state index contributed by atoms with van der Waals surface area (Å²) < 4.78 is 4.98. The van der Waals surface area contributed by atoms with Crippen LogP contribution < -0.4 is 5.32 Å². The van der Waals surface area contributed by atoms with Gasteiger partial charge in [0.15, 0.2) is 0 Å². The maximum Gasteiger partial charge on any atom is 0.306 e. The maximum atomic E-state index is 11.6. The molecule has 1 atom stereocenters. The van der Waals surface area contributed by atoms with E-state index in [9.17, 15) is 9.59 Å². The molecule has 0 fully saturated rings. The fourth-order valence-electron chi connectivity index (χ4n) is 1.54. The second kappa shape index (κ2) is 9.65. The number of carbonyl (C=O) groups is 2. The van der Waals surface area contributed by atoms with Gasteiger partial charge in [-0.25, -0.2) is 0 Å². The van der Waals surface area contributed by atoms with E-state index in [1.807, 2.05) is 12.1 Å². The van der Waals surface area contributed by atoms with Crippen molar-refractivity contribution in [2.24, 2.45) is 0 Å². The third kappa shape index (κ3) is 7.94. The molecule has 2 N–H and O–H groups in total. The number of carboxylic acids is 1. The van der Waals surface area contributed by atoms with Crippen LogP contribution in [0.3, 0.4) is 0 Å². The van der Waals surface area contributed by atoms with E-state index < -0.39 is 12.1 Å². The Balaban J connectivity index is 2.21. The van der Waals surface area contributed by atoms with E-state index in [0.717, 1.165) is 4.90 Å². The molecule has 1 aromatic rings. The first-order chi connectivity index (χ1) is 10.0. The number of halogens is 1. The van der Waals surface area contributed by atoms with Gasteiger partial charge in [0.05, 0.1) is 12.5 Å². The number of aliphatic carboxylic acids is 1. The summed E-state index contributed by atoms with van der Waals surface area (Å²) in [5, 5.41) is 12.0. The van der Waals surface area contributed by atoms with Crippen molar-refractivity contribution in [3.63, 3.8) is 0 Å². The number of methoxy groups -OCH3 is 1. The molecule has 21 heavy (non-hydrogen) atoms. The van der Waals surface area contributed by atoms with Gasteiger partial charge < -0.3 is 15.2 Å². The summed E-state index contributed by atoms with van der Waals surface area (Å²) in [6.45, 7) is 0.202. The van der Waals surface area contributed by atoms with E-state index in [1.54, 1.807) is 23.9 Å². The topological polar surface area (TPSA) is 75.6 Å². The van der Waals surface area contributed by atoms with Gasteiger partial charge in [-0.3, -0.25) is 9.59 Å². The molecule has 0 aromatic heterocycles. The molecule has 7 heteroatoms. The second-order valence-electron chi connectivity index (χ2n) is 4.31. The first-order valence-corrected chi connectivity index (χ1v) is 7.77. The molecule has 0 saturated carbocycles. The van der Waals surface area contributed by atoms with Crippen molar-refractivity contribution in [1.29, 1.82) is 0 Å². The molecule has 0 bridgehead atoms. The third-order valence-electron chi connectivity index (χ3n) is 2.67. The van der Waals surface area contributed by atoms with Gasteiger partial charge in [0.25, 0.3) is 0 Å². The molecule has 0 aliphatic heterocycles. The maximum absolute atomic E-state index is 11.6. The number of carbonyl (C=O) groups excluding carboxylic acids is 1. The van der Waals surface area contributed by atoms with E-state index in [-0.39, 0.29) is 18.9 Å². The lowest BCUT2D eigenvalue weighted by Crippen LogP contribution is -2.34. The predicted octanol–water partition coefficient (Wildman–Crippen LogP) is 2.43. The van der Waals surface area contributed by atoms with Crippen LogP contribution in [0.2, 0.25) is 5.02 Å². The Kier molecular flexibility index (Phi) is 8.19. The van der Waals surface area contributed by atoms with Gasteiger partial charge in [0, 0.05) is 35.7 Å². The van der Waals surface area contributed by atoms with Crippen molar-refractivity contribution in [1.82, 2.24) is 5.32 Å². The summed E-state index contributed by atoms with van der Waals surface area (Å²) in [5.41, 5.74) is 0. The highest BCUT2D eigenvalue weighted by Crippen LogP contribution is 2.20. The second-order valence-corrected chi connectivity index (χ2v) is 5.92. The number of ether oxygens (including phenoxy) is 1. The fraction of sp³-hybridized carbons (Fsp3) is 0.429. The minimum atomic E-state index is -0.950. The highest BCUT2D eigenvalue weighted by Gasteiger charge is 2.13. The molecule has 0 aliphatic rings. The molecular weight excluding hydrogens is 314 g/mol. The van der Waals surface area contributed by atoms with Gasteiger partial charge >= 0.3 is 5.97 Å².